The van der Waals surface area contributed by atoms with E-state index < -0.39 is 5.76 Å². The molecule has 1 heterocycles. The van der Waals surface area contributed by atoms with Crippen molar-refractivity contribution in [2.24, 2.45) is 0 Å². The van der Waals surface area contributed by atoms with Crippen molar-refractivity contribution in [1.82, 2.24) is 4.98 Å². The molecule has 0 fully saturated rings. The van der Waals surface area contributed by atoms with Crippen LogP contribution in [0, 0.1) is 0 Å². The first kappa shape index (κ1) is 12.9. The van der Waals surface area contributed by atoms with E-state index in [-0.39, 0.29) is 4.75 Å². The Morgan fingerprint density at radius 1 is 1.50 bits per heavy atom. The summed E-state index contributed by atoms with van der Waals surface area (Å²) in [7, 11) is 0. The number of benzene rings is 1. The Morgan fingerprint density at radius 3 is 2.89 bits per heavy atom. The minimum Gasteiger partial charge on any atom is -0.408 e. The zero-order chi connectivity index (χ0) is 13.3. The molecule has 2 rings (SSSR count). The molecule has 0 spiro atoms. The van der Waals surface area contributed by atoms with Gasteiger partial charge >= 0.3 is 5.76 Å². The van der Waals surface area contributed by atoms with E-state index in [1.165, 1.54) is 0 Å². The number of nitrogens with two attached hydrogens (primary N) is 1. The summed E-state index contributed by atoms with van der Waals surface area (Å²) >= 11 is 1.78. The molecule has 4 N–H and O–H groups in total. The first-order chi connectivity index (χ1) is 8.41. The standard InChI is InChI=1S/C12H17N3O2S/c1-12(2,18-3)6-14-8-5-9-10(4-7(8)13)17-11(16)15-9/h4-5,14H,6,13H2,1-3H3,(H,15,16). The van der Waals surface area contributed by atoms with Crippen molar-refractivity contribution in [1.29, 1.82) is 0 Å². The fourth-order valence-electron chi connectivity index (χ4n) is 1.55. The van der Waals surface area contributed by atoms with Gasteiger partial charge < -0.3 is 15.5 Å². The van der Waals surface area contributed by atoms with E-state index in [1.807, 2.05) is 0 Å². The Kier molecular flexibility index (Phi) is 3.30. The van der Waals surface area contributed by atoms with Crippen molar-refractivity contribution in [3.8, 4) is 0 Å². The zero-order valence-corrected chi connectivity index (χ0v) is 11.5. The van der Waals surface area contributed by atoms with Gasteiger partial charge in [-0.2, -0.15) is 11.8 Å². The molecule has 98 valence electrons. The molecule has 0 saturated carbocycles. The molecule has 0 unspecified atom stereocenters. The van der Waals surface area contributed by atoms with Crippen LogP contribution >= 0.6 is 11.8 Å². The molecule has 0 radical (unpaired) electrons. The molecule has 0 aliphatic heterocycles. The van der Waals surface area contributed by atoms with Crippen molar-refractivity contribution < 1.29 is 4.42 Å². The number of thioether (sulfide) groups is 1. The maximum absolute atomic E-state index is 11.1. The number of nitrogens with one attached hydrogen (secondary N) is 2. The van der Waals surface area contributed by atoms with Crippen LogP contribution in [0.4, 0.5) is 11.4 Å². The summed E-state index contributed by atoms with van der Waals surface area (Å²) in [6.07, 6.45) is 2.07. The summed E-state index contributed by atoms with van der Waals surface area (Å²) in [5.41, 5.74) is 8.43. The Bertz CT molecular complexity index is 615. The number of oxazole rings is 1. The molecule has 18 heavy (non-hydrogen) atoms. The highest BCUT2D eigenvalue weighted by Crippen LogP contribution is 2.27. The topological polar surface area (TPSA) is 84.0 Å². The van der Waals surface area contributed by atoms with Gasteiger partial charge in [0.15, 0.2) is 5.58 Å². The smallest absolute Gasteiger partial charge is 0.408 e. The largest absolute Gasteiger partial charge is 0.417 e. The van der Waals surface area contributed by atoms with E-state index in [4.69, 9.17) is 10.2 Å². The Hall–Kier alpha value is -1.56. The molecule has 0 aliphatic rings. The number of rotatable bonds is 4. The van der Waals surface area contributed by atoms with Crippen molar-refractivity contribution in [2.45, 2.75) is 18.6 Å². The lowest BCUT2D eigenvalue weighted by atomic mass is 10.2. The molecule has 1 aromatic heterocycles. The summed E-state index contributed by atoms with van der Waals surface area (Å²) in [4.78, 5) is 13.7. The minimum atomic E-state index is -0.467. The SMILES string of the molecule is CSC(C)(C)CNc1cc2[nH]c(=O)oc2cc1N. The van der Waals surface area contributed by atoms with E-state index in [2.05, 4.69) is 30.4 Å². The normalized spacial score (nSPS) is 11.9. The molecule has 0 aliphatic carbocycles. The molecule has 0 atom stereocenters. The average molecular weight is 267 g/mol. The number of fused-ring (bicyclic) bond motifs is 1. The maximum Gasteiger partial charge on any atom is 0.417 e. The summed E-state index contributed by atoms with van der Waals surface area (Å²) in [5, 5.41) is 3.30. The molecule has 5 nitrogen and oxygen atoms in total. The van der Waals surface area contributed by atoms with Crippen molar-refractivity contribution in [3.63, 3.8) is 0 Å². The zero-order valence-electron chi connectivity index (χ0n) is 10.7. The highest BCUT2D eigenvalue weighted by atomic mass is 32.2. The van der Waals surface area contributed by atoms with E-state index in [0.717, 1.165) is 12.2 Å². The van der Waals surface area contributed by atoms with E-state index in [0.29, 0.717) is 16.8 Å². The average Bonchev–Trinajstić information content (AvgIpc) is 2.65. The predicted molar refractivity (Wildman–Crippen MR) is 77.3 cm³/mol. The molecule has 1 aromatic carbocycles. The maximum atomic E-state index is 11.1. The predicted octanol–water partition coefficient (Wildman–Crippen LogP) is 2.26. The third-order valence-corrected chi connectivity index (χ3v) is 4.10. The Morgan fingerprint density at radius 2 is 2.22 bits per heavy atom. The fourth-order valence-corrected chi connectivity index (χ4v) is 1.76. The lowest BCUT2D eigenvalue weighted by Gasteiger charge is -2.23. The second-order valence-corrected chi connectivity index (χ2v) is 6.28. The van der Waals surface area contributed by atoms with Crippen LogP contribution in [0.15, 0.2) is 21.3 Å². The van der Waals surface area contributed by atoms with Gasteiger partial charge in [-0.25, -0.2) is 4.79 Å². The minimum absolute atomic E-state index is 0.116. The fraction of sp³-hybridized carbons (Fsp3) is 0.417. The molecule has 0 amide bonds. The van der Waals surface area contributed by atoms with Gasteiger partial charge in [0.2, 0.25) is 0 Å². The number of anilines is 2. The molecule has 2 aromatic rings. The van der Waals surface area contributed by atoms with Gasteiger partial charge in [-0.15, -0.1) is 0 Å². The van der Waals surface area contributed by atoms with Crippen LogP contribution in [0.1, 0.15) is 13.8 Å². The van der Waals surface area contributed by atoms with Crippen LogP contribution in [-0.4, -0.2) is 22.5 Å². The number of nitrogen functional groups attached to an aromatic ring is 1. The van der Waals surface area contributed by atoms with Crippen LogP contribution in [0.2, 0.25) is 0 Å². The Labute approximate surface area is 109 Å². The Balaban J connectivity index is 2.28. The van der Waals surface area contributed by atoms with Crippen LogP contribution in [0.5, 0.6) is 0 Å². The van der Waals surface area contributed by atoms with E-state index >= 15 is 0 Å². The van der Waals surface area contributed by atoms with Crippen molar-refractivity contribution in [3.05, 3.63) is 22.7 Å². The molecular weight excluding hydrogens is 250 g/mol. The van der Waals surface area contributed by atoms with Crippen LogP contribution < -0.4 is 16.8 Å². The molecule has 0 bridgehead atoms. The summed E-state index contributed by atoms with van der Waals surface area (Å²) < 4.78 is 5.06. The van der Waals surface area contributed by atoms with Gasteiger partial charge in [0.1, 0.15) is 0 Å². The van der Waals surface area contributed by atoms with Gasteiger partial charge in [0.25, 0.3) is 0 Å². The highest BCUT2D eigenvalue weighted by molar-refractivity contribution is 7.99. The van der Waals surface area contributed by atoms with E-state index in [1.54, 1.807) is 23.9 Å². The third kappa shape index (κ3) is 2.64. The van der Waals surface area contributed by atoms with Gasteiger partial charge in [0, 0.05) is 17.4 Å². The van der Waals surface area contributed by atoms with E-state index in [9.17, 15) is 4.79 Å². The van der Waals surface area contributed by atoms with Crippen LogP contribution in [-0.2, 0) is 0 Å². The van der Waals surface area contributed by atoms with Crippen LogP contribution in [0.3, 0.4) is 0 Å². The highest BCUT2D eigenvalue weighted by Gasteiger charge is 2.16. The first-order valence-corrected chi connectivity index (χ1v) is 6.85. The van der Waals surface area contributed by atoms with Crippen molar-refractivity contribution >= 4 is 34.2 Å². The van der Waals surface area contributed by atoms with Gasteiger partial charge in [-0.1, -0.05) is 0 Å². The van der Waals surface area contributed by atoms with Crippen LogP contribution in [0.25, 0.3) is 11.1 Å². The lowest BCUT2D eigenvalue weighted by molar-refractivity contribution is 0.555. The number of aromatic amines is 1. The third-order valence-electron chi connectivity index (χ3n) is 2.85. The summed E-state index contributed by atoms with van der Waals surface area (Å²) in [6.45, 7) is 5.09. The van der Waals surface area contributed by atoms with Gasteiger partial charge in [-0.3, -0.25) is 4.98 Å². The summed E-state index contributed by atoms with van der Waals surface area (Å²) in [6, 6.07) is 3.45. The molecule has 0 saturated heterocycles. The van der Waals surface area contributed by atoms with Gasteiger partial charge in [0.05, 0.1) is 16.9 Å². The quantitative estimate of drug-likeness (QED) is 0.740. The first-order valence-electron chi connectivity index (χ1n) is 5.63. The number of hydrogen-bond donors (Lipinski definition) is 3. The van der Waals surface area contributed by atoms with Crippen molar-refractivity contribution in [2.75, 3.05) is 23.9 Å². The number of aromatic nitrogens is 1. The second-order valence-electron chi connectivity index (χ2n) is 4.77. The molecular formula is C12H17N3O2S. The number of H-pyrrole nitrogens is 1. The summed E-state index contributed by atoms with van der Waals surface area (Å²) in [5.74, 6) is -0.467. The van der Waals surface area contributed by atoms with Gasteiger partial charge in [-0.05, 0) is 26.2 Å². The molecule has 6 heteroatoms. The number of hydrogen-bond acceptors (Lipinski definition) is 5. The lowest BCUT2D eigenvalue weighted by Crippen LogP contribution is -2.26. The monoisotopic (exact) mass is 267 g/mol. The second kappa shape index (κ2) is 4.61.